The fraction of sp³-hybridized carbons (Fsp3) is 0.238. The second kappa shape index (κ2) is 7.80. The molecule has 1 aliphatic heterocycles. The van der Waals surface area contributed by atoms with E-state index in [9.17, 15) is 4.79 Å². The van der Waals surface area contributed by atoms with Crippen LogP contribution in [0.1, 0.15) is 24.5 Å². The van der Waals surface area contributed by atoms with Gasteiger partial charge in [0.25, 0.3) is 5.56 Å². The Morgan fingerprint density at radius 3 is 2.30 bits per heavy atom. The zero-order valence-corrected chi connectivity index (χ0v) is 15.8. The van der Waals surface area contributed by atoms with Crippen molar-refractivity contribution < 1.29 is 0 Å². The molecule has 0 amide bonds. The fourth-order valence-corrected chi connectivity index (χ4v) is 3.81. The molecule has 1 fully saturated rings. The normalized spacial score (nSPS) is 14.9. The number of benzene rings is 2. The average Bonchev–Trinajstić information content (AvgIpc) is 3.11. The van der Waals surface area contributed by atoms with E-state index < -0.39 is 0 Å². The first kappa shape index (κ1) is 17.5. The van der Waals surface area contributed by atoms with E-state index in [4.69, 9.17) is 12.2 Å². The van der Waals surface area contributed by atoms with E-state index in [1.807, 2.05) is 60.7 Å². The van der Waals surface area contributed by atoms with Crippen molar-refractivity contribution in [1.29, 1.82) is 0 Å². The average molecular weight is 379 g/mol. The van der Waals surface area contributed by atoms with Crippen LogP contribution in [0, 0.1) is 0 Å². The molecule has 0 atom stereocenters. The predicted molar refractivity (Wildman–Crippen MR) is 113 cm³/mol. The number of nitrogens with one attached hydrogen (secondary N) is 2. The first-order valence-corrected chi connectivity index (χ1v) is 9.60. The Labute approximate surface area is 163 Å². The van der Waals surface area contributed by atoms with Gasteiger partial charge in [-0.25, -0.2) is 4.68 Å². The van der Waals surface area contributed by atoms with Gasteiger partial charge < -0.3 is 10.2 Å². The maximum Gasteiger partial charge on any atom is 0.271 e. The number of H-pyrrole nitrogens is 1. The third-order valence-electron chi connectivity index (χ3n) is 5.00. The van der Waals surface area contributed by atoms with Crippen molar-refractivity contribution in [2.24, 2.45) is 0 Å². The van der Waals surface area contributed by atoms with E-state index in [0.29, 0.717) is 5.92 Å². The lowest BCUT2D eigenvalue weighted by molar-refractivity contribution is 0.313. The molecular formula is C21H22N4OS. The number of piperidine rings is 1. The minimum Gasteiger partial charge on any atom is -0.349 e. The Hall–Kier alpha value is -2.86. The van der Waals surface area contributed by atoms with Crippen LogP contribution in [-0.4, -0.2) is 32.9 Å². The van der Waals surface area contributed by atoms with Crippen LogP contribution in [-0.2, 0) is 0 Å². The molecule has 138 valence electrons. The second-order valence-corrected chi connectivity index (χ2v) is 7.16. The van der Waals surface area contributed by atoms with Gasteiger partial charge in [-0.1, -0.05) is 36.4 Å². The summed E-state index contributed by atoms with van der Waals surface area (Å²) in [5.41, 5.74) is 2.86. The van der Waals surface area contributed by atoms with Crippen LogP contribution in [0.15, 0.2) is 71.5 Å². The summed E-state index contributed by atoms with van der Waals surface area (Å²) in [7, 11) is 0. The summed E-state index contributed by atoms with van der Waals surface area (Å²) in [6.07, 6.45) is 1.93. The molecule has 27 heavy (non-hydrogen) atoms. The molecule has 4 rings (SSSR count). The zero-order valence-electron chi connectivity index (χ0n) is 15.0. The number of para-hydroxylation sites is 2. The van der Waals surface area contributed by atoms with Crippen molar-refractivity contribution in [3.05, 3.63) is 82.8 Å². The maximum atomic E-state index is 12.3. The molecule has 0 aliphatic carbocycles. The van der Waals surface area contributed by atoms with E-state index in [1.165, 1.54) is 0 Å². The van der Waals surface area contributed by atoms with Crippen molar-refractivity contribution in [1.82, 2.24) is 14.7 Å². The number of rotatable bonds is 3. The number of anilines is 1. The van der Waals surface area contributed by atoms with Gasteiger partial charge in [-0.05, 0) is 49.3 Å². The molecule has 3 aromatic rings. The molecule has 2 N–H and O–H groups in total. The summed E-state index contributed by atoms with van der Waals surface area (Å²) in [4.78, 5) is 14.5. The second-order valence-electron chi connectivity index (χ2n) is 6.78. The molecule has 0 saturated carbocycles. The van der Waals surface area contributed by atoms with Crippen LogP contribution < -0.4 is 10.9 Å². The molecule has 5 nitrogen and oxygen atoms in total. The molecule has 0 radical (unpaired) electrons. The largest absolute Gasteiger partial charge is 0.349 e. The number of nitrogens with zero attached hydrogens (tertiary/aromatic N) is 2. The van der Waals surface area contributed by atoms with Crippen molar-refractivity contribution in [2.45, 2.75) is 18.8 Å². The van der Waals surface area contributed by atoms with Gasteiger partial charge in [0, 0.05) is 36.5 Å². The summed E-state index contributed by atoms with van der Waals surface area (Å²) in [6, 6.07) is 21.4. The SMILES string of the molecule is O=c1cc(C2CCN(C(=S)Nc3ccccc3)CC2)[nH]n1-c1ccccc1. The molecule has 1 aromatic heterocycles. The highest BCUT2D eigenvalue weighted by atomic mass is 32.1. The summed E-state index contributed by atoms with van der Waals surface area (Å²) >= 11 is 5.55. The monoisotopic (exact) mass is 378 g/mol. The molecule has 0 bridgehead atoms. The number of aromatic nitrogens is 2. The summed E-state index contributed by atoms with van der Waals surface area (Å²) in [6.45, 7) is 1.75. The lowest BCUT2D eigenvalue weighted by Gasteiger charge is -2.33. The van der Waals surface area contributed by atoms with Gasteiger partial charge in [0.1, 0.15) is 0 Å². The van der Waals surface area contributed by atoms with Crippen LogP contribution in [0.3, 0.4) is 0 Å². The number of aromatic amines is 1. The van der Waals surface area contributed by atoms with Crippen molar-refractivity contribution in [3.8, 4) is 5.69 Å². The zero-order chi connectivity index (χ0) is 18.6. The molecular weight excluding hydrogens is 356 g/mol. The molecule has 6 heteroatoms. The third-order valence-corrected chi connectivity index (χ3v) is 5.36. The van der Waals surface area contributed by atoms with E-state index in [1.54, 1.807) is 10.7 Å². The van der Waals surface area contributed by atoms with E-state index in [-0.39, 0.29) is 5.56 Å². The molecule has 0 spiro atoms. The molecule has 1 saturated heterocycles. The van der Waals surface area contributed by atoms with Gasteiger partial charge in [-0.3, -0.25) is 9.89 Å². The quantitative estimate of drug-likeness (QED) is 0.682. The predicted octanol–water partition coefficient (Wildman–Crippen LogP) is 3.74. The summed E-state index contributed by atoms with van der Waals surface area (Å²) in [5, 5.41) is 7.34. The molecule has 0 unspecified atom stereocenters. The van der Waals surface area contributed by atoms with Crippen LogP contribution in [0.4, 0.5) is 5.69 Å². The first-order valence-electron chi connectivity index (χ1n) is 9.19. The Balaban J connectivity index is 1.40. The Morgan fingerprint density at radius 1 is 1.00 bits per heavy atom. The van der Waals surface area contributed by atoms with Crippen LogP contribution in [0.25, 0.3) is 5.69 Å². The molecule has 2 heterocycles. The van der Waals surface area contributed by atoms with Gasteiger partial charge in [0.2, 0.25) is 0 Å². The highest BCUT2D eigenvalue weighted by Crippen LogP contribution is 2.26. The Bertz CT molecular complexity index is 957. The number of thiocarbonyl (C=S) groups is 1. The summed E-state index contributed by atoms with van der Waals surface area (Å²) < 4.78 is 1.61. The molecule has 1 aliphatic rings. The van der Waals surface area contributed by atoms with Gasteiger partial charge in [0.15, 0.2) is 5.11 Å². The minimum absolute atomic E-state index is 0.0140. The van der Waals surface area contributed by atoms with E-state index >= 15 is 0 Å². The van der Waals surface area contributed by atoms with Crippen LogP contribution in [0.5, 0.6) is 0 Å². The van der Waals surface area contributed by atoms with Gasteiger partial charge in [-0.2, -0.15) is 0 Å². The number of hydrogen-bond acceptors (Lipinski definition) is 2. The van der Waals surface area contributed by atoms with Crippen molar-refractivity contribution >= 4 is 23.0 Å². The highest BCUT2D eigenvalue weighted by Gasteiger charge is 2.24. The minimum atomic E-state index is -0.0140. The van der Waals surface area contributed by atoms with E-state index in [2.05, 4.69) is 15.3 Å². The topological polar surface area (TPSA) is 53.1 Å². The summed E-state index contributed by atoms with van der Waals surface area (Å²) in [5.74, 6) is 0.346. The van der Waals surface area contributed by atoms with E-state index in [0.717, 1.165) is 48.1 Å². The first-order chi connectivity index (χ1) is 13.2. The van der Waals surface area contributed by atoms with Gasteiger partial charge in [-0.15, -0.1) is 0 Å². The lowest BCUT2D eigenvalue weighted by Crippen LogP contribution is -2.40. The van der Waals surface area contributed by atoms with Gasteiger partial charge in [0.05, 0.1) is 5.69 Å². The Kier molecular flexibility index (Phi) is 5.07. The van der Waals surface area contributed by atoms with Crippen LogP contribution >= 0.6 is 12.2 Å². The maximum absolute atomic E-state index is 12.3. The Morgan fingerprint density at radius 2 is 1.63 bits per heavy atom. The highest BCUT2D eigenvalue weighted by molar-refractivity contribution is 7.80. The standard InChI is InChI=1S/C21H22N4OS/c26-20-15-19(23-25(20)18-9-5-2-6-10-18)16-11-13-24(14-12-16)21(27)22-17-7-3-1-4-8-17/h1-10,15-16,23H,11-14H2,(H,22,27). The number of likely N-dealkylation sites (tertiary alicyclic amines) is 1. The van der Waals surface area contributed by atoms with Gasteiger partial charge >= 0.3 is 0 Å². The van der Waals surface area contributed by atoms with Crippen molar-refractivity contribution in [3.63, 3.8) is 0 Å². The number of hydrogen-bond donors (Lipinski definition) is 2. The smallest absolute Gasteiger partial charge is 0.271 e. The third kappa shape index (κ3) is 3.95. The van der Waals surface area contributed by atoms with Crippen molar-refractivity contribution in [2.75, 3.05) is 18.4 Å². The lowest BCUT2D eigenvalue weighted by atomic mass is 9.94. The molecule has 2 aromatic carbocycles. The van der Waals surface area contributed by atoms with Crippen LogP contribution in [0.2, 0.25) is 0 Å². The fourth-order valence-electron chi connectivity index (χ4n) is 3.51.